The van der Waals surface area contributed by atoms with Crippen LogP contribution < -0.4 is 0 Å². The summed E-state index contributed by atoms with van der Waals surface area (Å²) in [5.41, 5.74) is 0.968. The van der Waals surface area contributed by atoms with E-state index in [9.17, 15) is 15.3 Å². The summed E-state index contributed by atoms with van der Waals surface area (Å²) in [5.74, 6) is -0.0679. The van der Waals surface area contributed by atoms with E-state index in [1.807, 2.05) is 0 Å². The Kier molecular flexibility index (Phi) is 2.72. The summed E-state index contributed by atoms with van der Waals surface area (Å²) in [5, 5.41) is 31.8. The van der Waals surface area contributed by atoms with Crippen LogP contribution in [0.1, 0.15) is 0 Å². The van der Waals surface area contributed by atoms with Crippen LogP contribution in [-0.2, 0) is 0 Å². The Labute approximate surface area is 112 Å². The van der Waals surface area contributed by atoms with Crippen molar-refractivity contribution in [2.75, 3.05) is 0 Å². The molecule has 100 valence electrons. The zero-order valence-electron chi connectivity index (χ0n) is 10.1. The minimum atomic E-state index is -0.270. The average molecular weight is 271 g/mol. The standard InChI is InChI=1S/C13H9N3O4/c17-9-3-8(5-14-6-9)13-15-12(16-20-13)7-1-2-10(18)11(19)4-7/h1-6,17-19H. The van der Waals surface area contributed by atoms with Crippen molar-refractivity contribution in [3.8, 4) is 40.1 Å². The van der Waals surface area contributed by atoms with Crippen molar-refractivity contribution in [3.63, 3.8) is 0 Å². The third-order valence-electron chi connectivity index (χ3n) is 2.63. The lowest BCUT2D eigenvalue weighted by molar-refractivity contribution is 0.404. The number of hydrogen-bond acceptors (Lipinski definition) is 7. The average Bonchev–Trinajstić information content (AvgIpc) is 2.92. The summed E-state index contributed by atoms with van der Waals surface area (Å²) < 4.78 is 5.07. The molecule has 3 N–H and O–H groups in total. The highest BCUT2D eigenvalue weighted by molar-refractivity contribution is 5.63. The topological polar surface area (TPSA) is 113 Å². The van der Waals surface area contributed by atoms with Crippen LogP contribution in [0.4, 0.5) is 0 Å². The Morgan fingerprint density at radius 3 is 2.50 bits per heavy atom. The number of hydrogen-bond donors (Lipinski definition) is 3. The van der Waals surface area contributed by atoms with Crippen molar-refractivity contribution in [3.05, 3.63) is 36.7 Å². The van der Waals surface area contributed by atoms with E-state index in [1.54, 1.807) is 6.07 Å². The molecule has 2 aromatic heterocycles. The summed E-state index contributed by atoms with van der Waals surface area (Å²) in [7, 11) is 0. The van der Waals surface area contributed by atoms with E-state index in [0.29, 0.717) is 11.1 Å². The van der Waals surface area contributed by atoms with Gasteiger partial charge >= 0.3 is 0 Å². The van der Waals surface area contributed by atoms with Crippen LogP contribution in [-0.4, -0.2) is 30.4 Å². The van der Waals surface area contributed by atoms with Crippen molar-refractivity contribution in [1.29, 1.82) is 0 Å². The van der Waals surface area contributed by atoms with Gasteiger partial charge in [0.25, 0.3) is 5.89 Å². The molecular weight excluding hydrogens is 262 g/mol. The molecule has 0 saturated carbocycles. The van der Waals surface area contributed by atoms with Crippen LogP contribution in [0.2, 0.25) is 0 Å². The molecule has 7 nitrogen and oxygen atoms in total. The molecule has 0 aliphatic carbocycles. The summed E-state index contributed by atoms with van der Waals surface area (Å²) >= 11 is 0. The Morgan fingerprint density at radius 1 is 0.900 bits per heavy atom. The van der Waals surface area contributed by atoms with E-state index >= 15 is 0 Å². The Morgan fingerprint density at radius 2 is 1.75 bits per heavy atom. The molecule has 7 heteroatoms. The van der Waals surface area contributed by atoms with Crippen LogP contribution in [0.15, 0.2) is 41.2 Å². The lowest BCUT2D eigenvalue weighted by Crippen LogP contribution is -1.82. The first-order valence-electron chi connectivity index (χ1n) is 5.64. The lowest BCUT2D eigenvalue weighted by Gasteiger charge is -1.98. The third kappa shape index (κ3) is 2.12. The van der Waals surface area contributed by atoms with E-state index in [1.165, 1.54) is 30.6 Å². The van der Waals surface area contributed by atoms with Gasteiger partial charge in [-0.1, -0.05) is 5.16 Å². The highest BCUT2D eigenvalue weighted by Crippen LogP contribution is 2.30. The second kappa shape index (κ2) is 4.54. The van der Waals surface area contributed by atoms with Gasteiger partial charge in [0.15, 0.2) is 11.5 Å². The van der Waals surface area contributed by atoms with Gasteiger partial charge in [0, 0.05) is 11.8 Å². The van der Waals surface area contributed by atoms with Crippen LogP contribution in [0, 0.1) is 0 Å². The number of rotatable bonds is 2. The molecule has 1 aromatic carbocycles. The smallest absolute Gasteiger partial charge is 0.259 e. The van der Waals surface area contributed by atoms with Gasteiger partial charge in [-0.25, -0.2) is 0 Å². The van der Waals surface area contributed by atoms with Gasteiger partial charge in [0.1, 0.15) is 5.75 Å². The number of pyridine rings is 1. The molecule has 3 rings (SSSR count). The molecule has 0 amide bonds. The number of phenolic OH excluding ortho intramolecular Hbond substituents is 2. The summed E-state index contributed by atoms with van der Waals surface area (Å²) in [6, 6.07) is 5.64. The second-order valence-electron chi connectivity index (χ2n) is 4.06. The van der Waals surface area contributed by atoms with Gasteiger partial charge in [-0.15, -0.1) is 0 Å². The van der Waals surface area contributed by atoms with E-state index in [-0.39, 0.29) is 29.0 Å². The fraction of sp³-hybridized carbons (Fsp3) is 0. The normalized spacial score (nSPS) is 10.6. The summed E-state index contributed by atoms with van der Waals surface area (Å²) in [4.78, 5) is 7.96. The highest BCUT2D eigenvalue weighted by atomic mass is 16.5. The molecule has 2 heterocycles. The van der Waals surface area contributed by atoms with Crippen molar-refractivity contribution in [2.24, 2.45) is 0 Å². The predicted octanol–water partition coefficient (Wildman–Crippen LogP) is 1.92. The van der Waals surface area contributed by atoms with Gasteiger partial charge < -0.3 is 19.8 Å². The molecule has 0 atom stereocenters. The van der Waals surface area contributed by atoms with E-state index in [2.05, 4.69) is 15.1 Å². The molecular formula is C13H9N3O4. The number of aromatic hydroxyl groups is 3. The Bertz CT molecular complexity index is 770. The maximum atomic E-state index is 9.44. The van der Waals surface area contributed by atoms with Crippen molar-refractivity contribution in [2.45, 2.75) is 0 Å². The zero-order valence-corrected chi connectivity index (χ0v) is 10.1. The van der Waals surface area contributed by atoms with Crippen LogP contribution in [0.3, 0.4) is 0 Å². The van der Waals surface area contributed by atoms with Crippen molar-refractivity contribution >= 4 is 0 Å². The largest absolute Gasteiger partial charge is 0.506 e. The molecule has 3 aromatic rings. The fourth-order valence-electron chi connectivity index (χ4n) is 1.67. The maximum Gasteiger partial charge on any atom is 0.259 e. The first-order valence-corrected chi connectivity index (χ1v) is 5.64. The molecule has 0 radical (unpaired) electrons. The van der Waals surface area contributed by atoms with Gasteiger partial charge in [0.05, 0.1) is 11.8 Å². The van der Waals surface area contributed by atoms with Crippen molar-refractivity contribution in [1.82, 2.24) is 15.1 Å². The minimum absolute atomic E-state index is 0.00970. The molecule has 0 unspecified atom stereocenters. The van der Waals surface area contributed by atoms with Crippen LogP contribution in [0.25, 0.3) is 22.8 Å². The number of phenols is 2. The van der Waals surface area contributed by atoms with E-state index in [4.69, 9.17) is 4.52 Å². The molecule has 0 spiro atoms. The second-order valence-corrected chi connectivity index (χ2v) is 4.06. The van der Waals surface area contributed by atoms with Gasteiger partial charge in [0.2, 0.25) is 5.82 Å². The van der Waals surface area contributed by atoms with Crippen molar-refractivity contribution < 1.29 is 19.8 Å². The zero-order chi connectivity index (χ0) is 14.1. The first-order chi connectivity index (χ1) is 9.63. The number of aromatic nitrogens is 3. The molecule has 0 aliphatic rings. The molecule has 0 fully saturated rings. The molecule has 0 aliphatic heterocycles. The number of nitrogens with zero attached hydrogens (tertiary/aromatic N) is 3. The van der Waals surface area contributed by atoms with Gasteiger partial charge in [-0.2, -0.15) is 4.98 Å². The fourth-order valence-corrected chi connectivity index (χ4v) is 1.67. The molecule has 0 saturated heterocycles. The quantitative estimate of drug-likeness (QED) is 0.610. The van der Waals surface area contributed by atoms with Crippen LogP contribution in [0.5, 0.6) is 17.2 Å². The molecule has 0 bridgehead atoms. The van der Waals surface area contributed by atoms with Gasteiger partial charge in [-0.3, -0.25) is 4.98 Å². The predicted molar refractivity (Wildman–Crippen MR) is 68.0 cm³/mol. The summed E-state index contributed by atoms with van der Waals surface area (Å²) in [6.07, 6.45) is 2.77. The third-order valence-corrected chi connectivity index (χ3v) is 2.63. The Balaban J connectivity index is 1.99. The summed E-state index contributed by atoms with van der Waals surface area (Å²) in [6.45, 7) is 0. The van der Waals surface area contributed by atoms with E-state index < -0.39 is 0 Å². The first kappa shape index (κ1) is 12.0. The number of benzene rings is 1. The minimum Gasteiger partial charge on any atom is -0.506 e. The molecule has 20 heavy (non-hydrogen) atoms. The van der Waals surface area contributed by atoms with Crippen LogP contribution >= 0.6 is 0 Å². The Hall–Kier alpha value is -3.09. The maximum absolute atomic E-state index is 9.44. The monoisotopic (exact) mass is 271 g/mol. The SMILES string of the molecule is Oc1cncc(-c2nc(-c3ccc(O)c(O)c3)no2)c1. The highest BCUT2D eigenvalue weighted by Gasteiger charge is 2.12. The van der Waals surface area contributed by atoms with Gasteiger partial charge in [-0.05, 0) is 24.3 Å². The van der Waals surface area contributed by atoms with E-state index in [0.717, 1.165) is 0 Å². The lowest BCUT2D eigenvalue weighted by atomic mass is 10.2.